The molecule has 11 aromatic heterocycles. The van der Waals surface area contributed by atoms with E-state index in [1.165, 1.54) is 9.13 Å². The fraction of sp³-hybridized carbons (Fsp3) is 0.545. The number of hydrogen-bond acceptors (Lipinski definition) is 35. The highest BCUT2D eigenvalue weighted by atomic mass is 35.5. The van der Waals surface area contributed by atoms with Crippen molar-refractivity contribution >= 4 is 125 Å². The van der Waals surface area contributed by atoms with E-state index >= 15 is 0 Å². The molecule has 2 aromatic carbocycles. The van der Waals surface area contributed by atoms with Crippen molar-refractivity contribution in [2.75, 3.05) is 129 Å². The standard InChI is InChI=1S/C21H22F2N8O2.C17H14ClF2N7O.C9H9Cl2N5O.C9H11N5O3.C8H13N5O2.C5H9N3O.C5H10O2.C3H4N2O/c22-17(23)20-24-14-3-1-2-4-15(14)30(20)18-16-19(26-21(25-18)29-7-11-33-12-8-29)31(28-27-16)13-5-9-32-10-6-13;18-17-22-14(26-11-4-2-1-3-10(11)21-16(26)13(19)20)12-15(23-17)27(25-24-12)9-5-7-28-8-6-9;10-7-6-8(13-9(11)12-7)16(15-14-6)5-1-3-17-4-2-5;15-8-6-7(10-9(16)11-8)14(13-12-6)5-1-3-17-4-2-5;9-7-6(8(10)14)11-12-13(7)5-1-3-15-4-2-5;6-8-7-5-1-3-9-4-2-5;6-5-1-3-7-4-2-5;4-2-1-3(5)6/h1-4,13,17H,5-12H2;1-4,9,13H,5-8H2;5H,1-4H2;5H,1-4H2,(H2,10,11,15,16);5H,1-4,9H2,(H2,10,14);5H,1-4H2;5-6H,1-4H2;1H2,(H2,5,6). The summed E-state index contributed by atoms with van der Waals surface area (Å²) in [6, 6.07) is 16.2. The predicted molar refractivity (Wildman–Crippen MR) is 462 cm³/mol. The SMILES string of the molecule is Clc1nc(Cl)c2nnn(C3CCOCC3)c2n1.FC(F)c1nc2ccccc2n1-c1nc(Cl)nc2c1nnn2C1CCOCC1.FC(F)c1nc2ccccc2n1-c1nc(N2CCOCC2)nc2c1nnn2C1CCOCC1.N#CCC(N)=O.NC(=O)c1nnn(C2CCOCC2)c1N.O=c1[nH]c(=O)c2nnn(C3CCOCC3)c2[nH]1.OC1CCOCC1.[N-]=[N+]=NC1CCOCC1. The number of alkyl halides is 4. The van der Waals surface area contributed by atoms with Crippen LogP contribution in [0.4, 0.5) is 29.3 Å². The fourth-order valence-electron chi connectivity index (χ4n) is 15.3. The van der Waals surface area contributed by atoms with Crippen LogP contribution in [0.2, 0.25) is 15.7 Å². The maximum absolute atomic E-state index is 14.1. The Labute approximate surface area is 759 Å². The minimum absolute atomic E-state index is 0.0430. The number of hydrogen-bond donors (Lipinski definition) is 6. The molecule has 8 saturated heterocycles. The number of para-hydroxylation sites is 4. The molecule has 0 spiro atoms. The molecule has 19 heterocycles. The average molecular weight is 1900 g/mol. The van der Waals surface area contributed by atoms with Gasteiger partial charge in [0, 0.05) is 117 Å². The van der Waals surface area contributed by atoms with Crippen LogP contribution >= 0.6 is 34.8 Å². The van der Waals surface area contributed by atoms with Gasteiger partial charge in [0.25, 0.3) is 24.3 Å². The summed E-state index contributed by atoms with van der Waals surface area (Å²) in [5.41, 5.74) is 27.5. The van der Waals surface area contributed by atoms with E-state index in [1.54, 1.807) is 78.0 Å². The number of nitrogens with zero attached hydrogens (tertiary/aromatic N) is 30. The molecule has 8 aliphatic heterocycles. The van der Waals surface area contributed by atoms with Gasteiger partial charge < -0.3 is 65.1 Å². The highest BCUT2D eigenvalue weighted by Gasteiger charge is 2.33. The van der Waals surface area contributed by atoms with E-state index in [1.807, 2.05) is 4.90 Å². The summed E-state index contributed by atoms with van der Waals surface area (Å²) in [5, 5.41) is 60.8. The van der Waals surface area contributed by atoms with Crippen molar-refractivity contribution in [3.05, 3.63) is 113 Å². The number of fused-ring (bicyclic) bond motifs is 6. The number of rotatable bonds is 13. The summed E-state index contributed by atoms with van der Waals surface area (Å²) >= 11 is 17.9. The number of ether oxygens (including phenoxy) is 8. The molecule has 8 fully saturated rings. The topological polar surface area (TPSA) is 614 Å². The molecule has 9 N–H and O–H groups in total. The van der Waals surface area contributed by atoms with Crippen molar-refractivity contribution < 1.29 is 70.2 Å². The van der Waals surface area contributed by atoms with Crippen LogP contribution in [0.1, 0.15) is 162 Å². The lowest BCUT2D eigenvalue weighted by Crippen LogP contribution is -2.37. The number of nitrogens with two attached hydrogens (primary N) is 3. The Kier molecular flexibility index (Phi) is 33.4. The van der Waals surface area contributed by atoms with Gasteiger partial charge in [0.2, 0.25) is 22.4 Å². The number of azide groups is 1. The Morgan fingerprint density at radius 2 is 0.902 bits per heavy atom. The van der Waals surface area contributed by atoms with Crippen LogP contribution in [-0.4, -0.2) is 282 Å². The van der Waals surface area contributed by atoms with Crippen LogP contribution in [0.3, 0.4) is 0 Å². The van der Waals surface area contributed by atoms with Gasteiger partial charge in [0.15, 0.2) is 84.6 Å². The molecular weight excluding hydrogens is 1810 g/mol. The van der Waals surface area contributed by atoms with Gasteiger partial charge in [0.1, 0.15) is 6.42 Å². The minimum atomic E-state index is -2.80. The first-order chi connectivity index (χ1) is 64.1. The third kappa shape index (κ3) is 23.5. The highest BCUT2D eigenvalue weighted by Crippen LogP contribution is 2.37. The zero-order chi connectivity index (χ0) is 92.7. The number of benzene rings is 2. The van der Waals surface area contributed by atoms with Crippen molar-refractivity contribution in [2.45, 2.75) is 152 Å². The maximum atomic E-state index is 14.1. The number of H-pyrrole nitrogens is 2. The van der Waals surface area contributed by atoms with Gasteiger partial charge in [-0.25, -0.2) is 60.7 Å². The molecule has 55 heteroatoms. The smallest absolute Gasteiger partial charge is 0.327 e. The van der Waals surface area contributed by atoms with Crippen molar-refractivity contribution in [1.82, 2.24) is 134 Å². The van der Waals surface area contributed by atoms with Gasteiger partial charge in [-0.3, -0.25) is 33.5 Å². The number of aliphatic hydroxyl groups is 1. The molecule has 0 bridgehead atoms. The van der Waals surface area contributed by atoms with Crippen molar-refractivity contribution in [3.8, 4) is 17.7 Å². The number of aliphatic hydroxyl groups excluding tert-OH is 1. The third-order valence-electron chi connectivity index (χ3n) is 22.0. The normalized spacial score (nSPS) is 17.5. The molecule has 0 aliphatic carbocycles. The zero-order valence-corrected chi connectivity index (χ0v) is 73.1. The molecule has 0 radical (unpaired) electrons. The quantitative estimate of drug-likeness (QED) is 0.0162. The number of aromatic amines is 2. The second-order valence-electron chi connectivity index (χ2n) is 30.5. The van der Waals surface area contributed by atoms with Crippen LogP contribution in [0.25, 0.3) is 88.8 Å². The first-order valence-corrected chi connectivity index (χ1v) is 43.5. The summed E-state index contributed by atoms with van der Waals surface area (Å²) in [6.45, 7) is 11.8. The number of nitriles is 1. The molecule has 21 rings (SSSR count). The monoisotopic (exact) mass is 1900 g/mol. The van der Waals surface area contributed by atoms with Gasteiger partial charge in [-0.2, -0.15) is 30.2 Å². The number of carbonyl (C=O) groups excluding carboxylic acids is 2. The highest BCUT2D eigenvalue weighted by molar-refractivity contribution is 6.35. The second-order valence-corrected chi connectivity index (χ2v) is 31.6. The number of nitrogen functional groups attached to an aromatic ring is 1. The third-order valence-corrected chi connectivity index (χ3v) is 22.6. The molecule has 0 saturated carbocycles. The number of nitrogens with one attached hydrogen (secondary N) is 2. The summed E-state index contributed by atoms with van der Waals surface area (Å²) in [5.74, 6) is -0.962. The van der Waals surface area contributed by atoms with E-state index < -0.39 is 41.7 Å². The van der Waals surface area contributed by atoms with E-state index in [2.05, 4.69) is 107 Å². The zero-order valence-electron chi connectivity index (χ0n) is 70.8. The van der Waals surface area contributed by atoms with E-state index in [0.717, 1.165) is 130 Å². The number of primary amides is 2. The predicted octanol–water partition coefficient (Wildman–Crippen LogP) is 7.56. The summed E-state index contributed by atoms with van der Waals surface area (Å²) < 4.78 is 109. The lowest BCUT2D eigenvalue weighted by atomic mass is 10.1. The Bertz CT molecular complexity index is 6270. The molecule has 2 amide bonds. The Balaban J connectivity index is 0.000000128. The molecule has 0 atom stereocenters. The second kappa shape index (κ2) is 46.1. The van der Waals surface area contributed by atoms with E-state index in [-0.39, 0.29) is 99.0 Å². The molecule has 702 valence electrons. The van der Waals surface area contributed by atoms with Gasteiger partial charge in [-0.05, 0) is 143 Å². The van der Waals surface area contributed by atoms with Crippen LogP contribution in [0.5, 0.6) is 0 Å². The molecule has 48 nitrogen and oxygen atoms in total. The summed E-state index contributed by atoms with van der Waals surface area (Å²) in [6.07, 6.45) is 5.62. The number of anilines is 2. The fourth-order valence-corrected chi connectivity index (χ4v) is 15.9. The summed E-state index contributed by atoms with van der Waals surface area (Å²) in [4.78, 5) is 86.8. The number of imidazole rings is 2. The Hall–Kier alpha value is -12.4. The molecular formula is C77H92Cl3F4N35O13. The molecule has 132 heavy (non-hydrogen) atoms. The van der Waals surface area contributed by atoms with Gasteiger partial charge in [-0.1, -0.05) is 67.0 Å². The first-order valence-electron chi connectivity index (χ1n) is 42.3. The summed E-state index contributed by atoms with van der Waals surface area (Å²) in [7, 11) is 0. The lowest BCUT2D eigenvalue weighted by Gasteiger charge is -2.27. The number of amides is 2. The van der Waals surface area contributed by atoms with Gasteiger partial charge >= 0.3 is 5.69 Å². The minimum Gasteiger partial charge on any atom is -0.393 e. The Morgan fingerprint density at radius 3 is 1.33 bits per heavy atom. The van der Waals surface area contributed by atoms with E-state index in [9.17, 15) is 36.7 Å². The number of morpholine rings is 1. The molecule has 13 aromatic rings. The van der Waals surface area contributed by atoms with Gasteiger partial charge in [0.05, 0.1) is 77.7 Å². The Morgan fingerprint density at radius 1 is 0.508 bits per heavy atom. The molecule has 8 aliphatic rings. The van der Waals surface area contributed by atoms with Crippen molar-refractivity contribution in [1.29, 1.82) is 5.26 Å². The van der Waals surface area contributed by atoms with Crippen LogP contribution in [0, 0.1) is 11.3 Å². The number of halogens is 7. The van der Waals surface area contributed by atoms with Crippen LogP contribution < -0.4 is 33.3 Å². The maximum Gasteiger partial charge on any atom is 0.327 e. The lowest BCUT2D eigenvalue weighted by molar-refractivity contribution is -0.117. The largest absolute Gasteiger partial charge is 0.393 e. The van der Waals surface area contributed by atoms with Crippen LogP contribution in [0.15, 0.2) is 63.2 Å². The van der Waals surface area contributed by atoms with Gasteiger partial charge in [-0.15, -0.1) is 25.5 Å². The van der Waals surface area contributed by atoms with Crippen LogP contribution in [-0.2, 0) is 42.7 Å². The van der Waals surface area contributed by atoms with E-state index in [0.29, 0.717) is 146 Å². The first kappa shape index (κ1) is 95.7. The van der Waals surface area contributed by atoms with Crippen molar-refractivity contribution in [3.63, 3.8) is 0 Å². The molecule has 0 unspecified atom stereocenters. The number of carbonyl (C=O) groups is 2. The average Bonchev–Trinajstić information content (AvgIpc) is 1.58. The van der Waals surface area contributed by atoms with Crippen molar-refractivity contribution in [2.24, 2.45) is 16.6 Å². The van der Waals surface area contributed by atoms with E-state index in [4.69, 9.17) is 110 Å². The number of aromatic nitrogens is 27.